The molecule has 0 aromatic rings. The van der Waals surface area contributed by atoms with Gasteiger partial charge >= 0.3 is 18.2 Å². The Morgan fingerprint density at radius 2 is 1.43 bits per heavy atom. The average molecular weight is 601 g/mol. The van der Waals surface area contributed by atoms with E-state index in [0.29, 0.717) is 25.8 Å². The minimum atomic E-state index is -1.93. The van der Waals surface area contributed by atoms with Gasteiger partial charge in [-0.3, -0.25) is 0 Å². The molecular weight excluding hydrogens is 540 g/mol. The third kappa shape index (κ3) is 15.4. The van der Waals surface area contributed by atoms with Gasteiger partial charge in [-0.05, 0) is 38.5 Å². The van der Waals surface area contributed by atoms with Crippen molar-refractivity contribution in [2.45, 2.75) is 166 Å². The number of aliphatic hydroxyl groups is 1. The first-order chi connectivity index (χ1) is 20.3. The second-order valence-electron chi connectivity index (χ2n) is 11.7. The molecule has 0 aliphatic carbocycles. The van der Waals surface area contributed by atoms with Crippen LogP contribution in [0.4, 0.5) is 9.59 Å². The minimum Gasteiger partial charge on any atom is -0.479 e. The van der Waals surface area contributed by atoms with E-state index < -0.39 is 42.0 Å². The van der Waals surface area contributed by atoms with E-state index in [-0.39, 0.29) is 19.4 Å². The van der Waals surface area contributed by atoms with Gasteiger partial charge in [0.1, 0.15) is 12.2 Å². The zero-order valence-electron chi connectivity index (χ0n) is 26.6. The SMILES string of the molecule is CCCCCCCCCCCCCCCCCNC(=O)O[C@@H]1CCCO[C@H]1C(CCC(O)CC)(NC(=O)OC)C(=O)O. The van der Waals surface area contributed by atoms with E-state index in [9.17, 15) is 24.6 Å². The summed E-state index contributed by atoms with van der Waals surface area (Å²) in [6.45, 7) is 4.78. The van der Waals surface area contributed by atoms with Gasteiger partial charge in [-0.25, -0.2) is 14.4 Å². The minimum absolute atomic E-state index is 0.113. The molecule has 0 aromatic carbocycles. The topological polar surface area (TPSA) is 143 Å². The Morgan fingerprint density at radius 3 is 1.93 bits per heavy atom. The molecule has 0 bridgehead atoms. The molecule has 0 saturated carbocycles. The van der Waals surface area contributed by atoms with Gasteiger partial charge in [-0.2, -0.15) is 0 Å². The van der Waals surface area contributed by atoms with E-state index in [2.05, 4.69) is 22.3 Å². The lowest BCUT2D eigenvalue weighted by atomic mass is 9.81. The molecule has 2 amide bonds. The summed E-state index contributed by atoms with van der Waals surface area (Å²) in [6.07, 6.45) is 16.1. The summed E-state index contributed by atoms with van der Waals surface area (Å²) in [5.74, 6) is -1.34. The highest BCUT2D eigenvalue weighted by molar-refractivity contribution is 5.85. The fraction of sp³-hybridized carbons (Fsp3) is 0.906. The Labute approximate surface area is 254 Å². The fourth-order valence-electron chi connectivity index (χ4n) is 5.59. The van der Waals surface area contributed by atoms with Crippen LogP contribution in [0.15, 0.2) is 0 Å². The summed E-state index contributed by atoms with van der Waals surface area (Å²) in [6, 6.07) is 0. The summed E-state index contributed by atoms with van der Waals surface area (Å²) >= 11 is 0. The maximum absolute atomic E-state index is 12.6. The van der Waals surface area contributed by atoms with E-state index in [0.717, 1.165) is 26.4 Å². The first-order valence-corrected chi connectivity index (χ1v) is 16.6. The monoisotopic (exact) mass is 600 g/mol. The maximum atomic E-state index is 12.6. The number of nitrogens with one attached hydrogen (secondary N) is 2. The van der Waals surface area contributed by atoms with E-state index in [1.807, 2.05) is 0 Å². The van der Waals surface area contributed by atoms with Crippen LogP contribution in [0, 0.1) is 0 Å². The molecular formula is C32H60N2O8. The maximum Gasteiger partial charge on any atom is 0.407 e. The Balaban J connectivity index is 2.38. The molecule has 10 nitrogen and oxygen atoms in total. The standard InChI is InChI=1S/C32H60N2O8/c1-4-6-7-8-9-10-11-12-13-14-15-16-17-18-19-24-33-30(38)42-27-21-20-25-41-28(27)32(29(36)37,34-31(39)40-3)23-22-26(35)5-2/h26-28,35H,4-25H2,1-3H3,(H,33,38)(H,34,39)(H,36,37)/t26?,27-,28-,32?/m1/s1. The molecule has 1 rings (SSSR count). The molecule has 1 fully saturated rings. The molecule has 1 heterocycles. The second-order valence-corrected chi connectivity index (χ2v) is 11.7. The number of methoxy groups -OCH3 is 1. The Hall–Kier alpha value is -2.07. The normalized spacial score (nSPS) is 19.0. The van der Waals surface area contributed by atoms with Gasteiger partial charge in [0.25, 0.3) is 0 Å². The lowest BCUT2D eigenvalue weighted by Gasteiger charge is -2.43. The Bertz CT molecular complexity index is 737. The molecule has 1 aliphatic heterocycles. The van der Waals surface area contributed by atoms with Crippen LogP contribution in [0.1, 0.15) is 142 Å². The number of unbranched alkanes of at least 4 members (excludes halogenated alkanes) is 14. The summed E-state index contributed by atoms with van der Waals surface area (Å²) in [7, 11) is 1.14. The first kappa shape index (κ1) is 38.0. The van der Waals surface area contributed by atoms with E-state index >= 15 is 0 Å². The van der Waals surface area contributed by atoms with Crippen molar-refractivity contribution in [1.82, 2.24) is 10.6 Å². The van der Waals surface area contributed by atoms with Crippen molar-refractivity contribution in [3.63, 3.8) is 0 Å². The molecule has 0 spiro atoms. The summed E-state index contributed by atoms with van der Waals surface area (Å²) in [5.41, 5.74) is -1.93. The predicted molar refractivity (Wildman–Crippen MR) is 164 cm³/mol. The third-order valence-corrected chi connectivity index (χ3v) is 8.30. The molecule has 0 radical (unpaired) electrons. The van der Waals surface area contributed by atoms with Crippen LogP contribution in [0.5, 0.6) is 0 Å². The van der Waals surface area contributed by atoms with E-state index in [4.69, 9.17) is 9.47 Å². The molecule has 1 aliphatic rings. The number of carbonyl (C=O) groups excluding carboxylic acids is 2. The average Bonchev–Trinajstić information content (AvgIpc) is 2.98. The number of hydrogen-bond donors (Lipinski definition) is 4. The first-order valence-electron chi connectivity index (χ1n) is 16.6. The molecule has 246 valence electrons. The van der Waals surface area contributed by atoms with Gasteiger partial charge in [0.2, 0.25) is 0 Å². The number of rotatable bonds is 24. The number of alkyl carbamates (subject to hydrolysis) is 2. The Kier molecular flexibility index (Phi) is 21.1. The smallest absolute Gasteiger partial charge is 0.407 e. The van der Waals surface area contributed by atoms with Crippen LogP contribution in [-0.4, -0.2) is 72.5 Å². The molecule has 10 heteroatoms. The molecule has 4 N–H and O–H groups in total. The highest BCUT2D eigenvalue weighted by Gasteiger charge is 2.53. The zero-order chi connectivity index (χ0) is 31.1. The van der Waals surface area contributed by atoms with Crippen molar-refractivity contribution in [2.24, 2.45) is 0 Å². The summed E-state index contributed by atoms with van der Waals surface area (Å²) in [4.78, 5) is 37.3. The van der Waals surface area contributed by atoms with Crippen molar-refractivity contribution < 1.29 is 38.8 Å². The number of carbonyl (C=O) groups is 3. The van der Waals surface area contributed by atoms with Crippen molar-refractivity contribution in [1.29, 1.82) is 0 Å². The molecule has 42 heavy (non-hydrogen) atoms. The van der Waals surface area contributed by atoms with Gasteiger partial charge in [-0.1, -0.05) is 104 Å². The van der Waals surface area contributed by atoms with Crippen molar-refractivity contribution >= 4 is 18.2 Å². The van der Waals surface area contributed by atoms with Crippen LogP contribution >= 0.6 is 0 Å². The number of ether oxygens (including phenoxy) is 3. The molecule has 4 atom stereocenters. The van der Waals surface area contributed by atoms with Crippen molar-refractivity contribution in [3.05, 3.63) is 0 Å². The van der Waals surface area contributed by atoms with Crippen LogP contribution < -0.4 is 10.6 Å². The molecule has 1 saturated heterocycles. The van der Waals surface area contributed by atoms with Gasteiger partial charge in [-0.15, -0.1) is 0 Å². The predicted octanol–water partition coefficient (Wildman–Crippen LogP) is 6.86. The number of aliphatic carboxylic acids is 1. The fourth-order valence-corrected chi connectivity index (χ4v) is 5.59. The number of aliphatic hydroxyl groups excluding tert-OH is 1. The summed E-state index contributed by atoms with van der Waals surface area (Å²) < 4.78 is 16.2. The lowest BCUT2D eigenvalue weighted by molar-refractivity contribution is -0.167. The number of hydrogen-bond acceptors (Lipinski definition) is 7. The third-order valence-electron chi connectivity index (χ3n) is 8.30. The van der Waals surface area contributed by atoms with E-state index in [1.165, 1.54) is 77.0 Å². The van der Waals surface area contributed by atoms with Gasteiger partial charge < -0.3 is 35.1 Å². The second kappa shape index (κ2) is 23.4. The number of carboxylic acids is 1. The van der Waals surface area contributed by atoms with Gasteiger partial charge in [0.05, 0.1) is 13.2 Å². The number of carboxylic acid groups (broad SMARTS) is 1. The van der Waals surface area contributed by atoms with E-state index in [1.54, 1.807) is 6.92 Å². The van der Waals surface area contributed by atoms with Crippen molar-refractivity contribution in [2.75, 3.05) is 20.3 Å². The largest absolute Gasteiger partial charge is 0.479 e. The lowest BCUT2D eigenvalue weighted by Crippen LogP contribution is -2.67. The molecule has 2 unspecified atom stereocenters. The van der Waals surface area contributed by atoms with Crippen LogP contribution in [0.3, 0.4) is 0 Å². The Morgan fingerprint density at radius 1 is 0.881 bits per heavy atom. The summed E-state index contributed by atoms with van der Waals surface area (Å²) in [5, 5.41) is 25.5. The van der Waals surface area contributed by atoms with Gasteiger partial charge in [0, 0.05) is 13.2 Å². The quantitative estimate of drug-likeness (QED) is 0.0880. The highest BCUT2D eigenvalue weighted by Crippen LogP contribution is 2.31. The van der Waals surface area contributed by atoms with Crippen molar-refractivity contribution in [3.8, 4) is 0 Å². The zero-order valence-corrected chi connectivity index (χ0v) is 26.6. The van der Waals surface area contributed by atoms with Gasteiger partial charge in [0.15, 0.2) is 5.54 Å². The van der Waals surface area contributed by atoms with Crippen LogP contribution in [-0.2, 0) is 19.0 Å². The van der Waals surface area contributed by atoms with Crippen LogP contribution in [0.2, 0.25) is 0 Å². The molecule has 0 aromatic heterocycles. The van der Waals surface area contributed by atoms with Crippen LogP contribution in [0.25, 0.3) is 0 Å². The number of amides is 2. The highest BCUT2D eigenvalue weighted by atomic mass is 16.6.